The van der Waals surface area contributed by atoms with Gasteiger partial charge in [-0.3, -0.25) is 4.79 Å². The zero-order valence-electron chi connectivity index (χ0n) is 8.90. The molecule has 0 aliphatic rings. The van der Waals surface area contributed by atoms with Gasteiger partial charge < -0.3 is 9.52 Å². The molecule has 0 unspecified atom stereocenters. The number of rotatable bonds is 5. The minimum atomic E-state index is -0.920. The van der Waals surface area contributed by atoms with Crippen molar-refractivity contribution in [1.29, 1.82) is 0 Å². The van der Waals surface area contributed by atoms with Crippen molar-refractivity contribution in [3.8, 4) is 0 Å². The molecule has 1 N–H and O–H groups in total. The van der Waals surface area contributed by atoms with Crippen LogP contribution in [0.25, 0.3) is 0 Å². The van der Waals surface area contributed by atoms with Gasteiger partial charge in [0, 0.05) is 0 Å². The van der Waals surface area contributed by atoms with Gasteiger partial charge in [0.1, 0.15) is 12.3 Å². The van der Waals surface area contributed by atoms with Crippen LogP contribution in [0.3, 0.4) is 0 Å². The highest BCUT2D eigenvalue weighted by Gasteiger charge is 2.11. The molecule has 2 aromatic rings. The summed E-state index contributed by atoms with van der Waals surface area (Å²) in [5, 5.41) is 19.9. The molecule has 2 aromatic heterocycles. The lowest BCUT2D eigenvalue weighted by Crippen LogP contribution is -2.06. The Kier molecular flexibility index (Phi) is 3.38. The third-order valence-corrected chi connectivity index (χ3v) is 2.72. The molecule has 0 fully saturated rings. The summed E-state index contributed by atoms with van der Waals surface area (Å²) in [6, 6.07) is 0. The van der Waals surface area contributed by atoms with E-state index in [0.29, 0.717) is 16.8 Å². The van der Waals surface area contributed by atoms with Crippen molar-refractivity contribution in [1.82, 2.24) is 25.2 Å². The van der Waals surface area contributed by atoms with Crippen LogP contribution >= 0.6 is 11.8 Å². The van der Waals surface area contributed by atoms with Gasteiger partial charge in [-0.2, -0.15) is 0 Å². The van der Waals surface area contributed by atoms with Crippen LogP contribution < -0.4 is 0 Å². The highest BCUT2D eigenvalue weighted by Crippen LogP contribution is 2.14. The summed E-state index contributed by atoms with van der Waals surface area (Å²) < 4.78 is 6.73. The molecular weight excluding hydrogens is 246 g/mol. The monoisotopic (exact) mass is 255 g/mol. The number of hydrogen-bond donors (Lipinski definition) is 1. The van der Waals surface area contributed by atoms with Crippen LogP contribution in [0.15, 0.2) is 15.8 Å². The fraction of sp³-hybridized carbons (Fsp3) is 0.375. The van der Waals surface area contributed by atoms with E-state index in [2.05, 4.69) is 20.5 Å². The fourth-order valence-corrected chi connectivity index (χ4v) is 1.72. The van der Waals surface area contributed by atoms with Crippen LogP contribution in [0.5, 0.6) is 0 Å². The van der Waals surface area contributed by atoms with Gasteiger partial charge in [0.05, 0.1) is 11.9 Å². The number of nitrogens with zero attached hydrogens (tertiary/aromatic N) is 5. The fourth-order valence-electron chi connectivity index (χ4n) is 1.13. The first-order valence-electron chi connectivity index (χ1n) is 4.67. The molecule has 8 nitrogen and oxygen atoms in total. The average Bonchev–Trinajstić information content (AvgIpc) is 2.86. The number of aliphatic carboxylic acids is 1. The molecule has 0 bridgehead atoms. The summed E-state index contributed by atoms with van der Waals surface area (Å²) in [5.74, 6) is 0.168. The maximum atomic E-state index is 10.4. The summed E-state index contributed by atoms with van der Waals surface area (Å²) in [4.78, 5) is 14.5. The number of aryl methyl sites for hydroxylation is 1. The van der Waals surface area contributed by atoms with Gasteiger partial charge in [-0.25, -0.2) is 9.67 Å². The van der Waals surface area contributed by atoms with Crippen LogP contribution in [0.2, 0.25) is 0 Å². The van der Waals surface area contributed by atoms with Crippen LogP contribution in [0.4, 0.5) is 0 Å². The maximum Gasteiger partial charge on any atom is 0.313 e. The second kappa shape index (κ2) is 4.95. The molecule has 2 heterocycles. The quantitative estimate of drug-likeness (QED) is 0.755. The summed E-state index contributed by atoms with van der Waals surface area (Å²) in [5.41, 5.74) is 0. The predicted molar refractivity (Wildman–Crippen MR) is 56.5 cm³/mol. The second-order valence-corrected chi connectivity index (χ2v) is 4.11. The lowest BCUT2D eigenvalue weighted by Gasteiger charge is -1.99. The number of carboxylic acids is 1. The van der Waals surface area contributed by atoms with E-state index >= 15 is 0 Å². The van der Waals surface area contributed by atoms with Crippen LogP contribution in [0, 0.1) is 6.92 Å². The van der Waals surface area contributed by atoms with Crippen molar-refractivity contribution in [3.63, 3.8) is 0 Å². The highest BCUT2D eigenvalue weighted by molar-refractivity contribution is 7.99. The summed E-state index contributed by atoms with van der Waals surface area (Å²) in [7, 11) is 0. The summed E-state index contributed by atoms with van der Waals surface area (Å²) >= 11 is 1.05. The van der Waals surface area contributed by atoms with Crippen LogP contribution in [-0.2, 0) is 11.3 Å². The maximum absolute atomic E-state index is 10.4. The normalized spacial score (nSPS) is 10.6. The minimum Gasteiger partial charge on any atom is -0.481 e. The third-order valence-electron chi connectivity index (χ3n) is 1.78. The molecule has 0 aromatic carbocycles. The first-order chi connectivity index (χ1) is 8.15. The minimum absolute atomic E-state index is 0.0923. The zero-order valence-corrected chi connectivity index (χ0v) is 9.72. The Bertz CT molecular complexity index is 523. The van der Waals surface area contributed by atoms with Gasteiger partial charge in [-0.1, -0.05) is 11.8 Å². The van der Waals surface area contributed by atoms with Gasteiger partial charge in [0.2, 0.25) is 11.0 Å². The molecule has 0 aliphatic carbocycles. The number of hydrogen-bond acceptors (Lipinski definition) is 7. The van der Waals surface area contributed by atoms with E-state index in [1.807, 2.05) is 0 Å². The molecule has 9 heteroatoms. The molecule has 2 rings (SSSR count). The molecule has 0 saturated carbocycles. The smallest absolute Gasteiger partial charge is 0.313 e. The van der Waals surface area contributed by atoms with Crippen LogP contribution in [-0.4, -0.2) is 42.0 Å². The van der Waals surface area contributed by atoms with Crippen molar-refractivity contribution < 1.29 is 14.3 Å². The van der Waals surface area contributed by atoms with Crippen molar-refractivity contribution >= 4 is 17.7 Å². The molecular formula is C8H9N5O3S. The van der Waals surface area contributed by atoms with E-state index in [0.717, 1.165) is 11.8 Å². The largest absolute Gasteiger partial charge is 0.481 e. The lowest BCUT2D eigenvalue weighted by molar-refractivity contribution is -0.133. The van der Waals surface area contributed by atoms with Gasteiger partial charge in [-0.05, 0) is 17.4 Å². The third kappa shape index (κ3) is 3.03. The number of tetrazole rings is 1. The van der Waals surface area contributed by atoms with E-state index in [-0.39, 0.29) is 12.3 Å². The molecule has 0 atom stereocenters. The van der Waals surface area contributed by atoms with E-state index in [9.17, 15) is 4.79 Å². The Morgan fingerprint density at radius 1 is 1.65 bits per heavy atom. The molecule has 90 valence electrons. The summed E-state index contributed by atoms with van der Waals surface area (Å²) in [6.07, 6.45) is 1.60. The van der Waals surface area contributed by atoms with E-state index in [4.69, 9.17) is 9.52 Å². The predicted octanol–water partition coefficient (Wildman–Crippen LogP) is 0.195. The van der Waals surface area contributed by atoms with Crippen molar-refractivity contribution in [2.24, 2.45) is 0 Å². The molecule has 0 amide bonds. The SMILES string of the molecule is Cc1cnc(Cn2nnnc2SCC(=O)O)o1. The van der Waals surface area contributed by atoms with E-state index in [1.165, 1.54) is 4.68 Å². The van der Waals surface area contributed by atoms with Crippen molar-refractivity contribution in [3.05, 3.63) is 17.8 Å². The van der Waals surface area contributed by atoms with E-state index < -0.39 is 5.97 Å². The Labute approximate surface area is 100 Å². The average molecular weight is 255 g/mol. The number of aromatic nitrogens is 5. The van der Waals surface area contributed by atoms with Gasteiger partial charge in [0.15, 0.2) is 0 Å². The topological polar surface area (TPSA) is 107 Å². The number of carbonyl (C=O) groups is 1. The van der Waals surface area contributed by atoms with Gasteiger partial charge in [0.25, 0.3) is 0 Å². The Morgan fingerprint density at radius 3 is 3.12 bits per heavy atom. The Hall–Kier alpha value is -1.90. The number of oxazole rings is 1. The van der Waals surface area contributed by atoms with Crippen molar-refractivity contribution in [2.45, 2.75) is 18.6 Å². The molecule has 0 radical (unpaired) electrons. The van der Waals surface area contributed by atoms with Crippen molar-refractivity contribution in [2.75, 3.05) is 5.75 Å². The first kappa shape index (κ1) is 11.6. The first-order valence-corrected chi connectivity index (χ1v) is 5.66. The zero-order chi connectivity index (χ0) is 12.3. The highest BCUT2D eigenvalue weighted by atomic mass is 32.2. The van der Waals surface area contributed by atoms with E-state index in [1.54, 1.807) is 13.1 Å². The summed E-state index contributed by atoms with van der Waals surface area (Å²) in [6.45, 7) is 2.07. The molecule has 0 spiro atoms. The Morgan fingerprint density at radius 2 is 2.47 bits per heavy atom. The Balaban J connectivity index is 2.06. The molecule has 0 aliphatic heterocycles. The number of carboxylic acid groups (broad SMARTS) is 1. The molecule has 0 saturated heterocycles. The lowest BCUT2D eigenvalue weighted by atomic mass is 10.6. The number of thioether (sulfide) groups is 1. The second-order valence-electron chi connectivity index (χ2n) is 3.17. The molecule has 17 heavy (non-hydrogen) atoms. The van der Waals surface area contributed by atoms with Gasteiger partial charge >= 0.3 is 5.97 Å². The van der Waals surface area contributed by atoms with Gasteiger partial charge in [-0.15, -0.1) is 5.10 Å². The standard InChI is InChI=1S/C8H9N5O3S/c1-5-2-9-6(16-5)3-13-8(10-11-12-13)17-4-7(14)15/h2H,3-4H2,1H3,(H,14,15). The van der Waals surface area contributed by atoms with Crippen LogP contribution in [0.1, 0.15) is 11.7 Å².